The monoisotopic (exact) mass is 341 g/mol. The lowest BCUT2D eigenvalue weighted by atomic mass is 9.93. The Bertz CT molecular complexity index is 901. The lowest BCUT2D eigenvalue weighted by Gasteiger charge is -2.34. The summed E-state index contributed by atoms with van der Waals surface area (Å²) in [5.41, 5.74) is 2.67. The number of fused-ring (bicyclic) bond motifs is 2. The zero-order valence-electron chi connectivity index (χ0n) is 12.8. The maximum absolute atomic E-state index is 12.7. The van der Waals surface area contributed by atoms with E-state index in [0.29, 0.717) is 18.7 Å². The van der Waals surface area contributed by atoms with Gasteiger partial charge in [-0.15, -0.1) is 11.3 Å². The molecule has 1 aromatic carbocycles. The summed E-state index contributed by atoms with van der Waals surface area (Å²) in [6, 6.07) is 6.85. The second-order valence-corrected chi connectivity index (χ2v) is 6.72. The number of hydrogen-bond donors (Lipinski definition) is 1. The van der Waals surface area contributed by atoms with Crippen LogP contribution in [0.3, 0.4) is 0 Å². The van der Waals surface area contributed by atoms with Gasteiger partial charge >= 0.3 is 5.97 Å². The van der Waals surface area contributed by atoms with Gasteiger partial charge in [0.15, 0.2) is 4.96 Å². The van der Waals surface area contributed by atoms with Crippen LogP contribution in [0.25, 0.3) is 4.96 Å². The lowest BCUT2D eigenvalue weighted by molar-refractivity contribution is -0.151. The van der Waals surface area contributed by atoms with E-state index in [-0.39, 0.29) is 12.3 Å². The van der Waals surface area contributed by atoms with Crippen LogP contribution in [0.2, 0.25) is 0 Å². The molecule has 4 rings (SSSR count). The van der Waals surface area contributed by atoms with E-state index < -0.39 is 12.0 Å². The molecule has 7 heteroatoms. The maximum atomic E-state index is 12.7. The molecule has 0 radical (unpaired) electrons. The Morgan fingerprint density at radius 2 is 2.08 bits per heavy atom. The number of carbonyl (C=O) groups excluding carboxylic acids is 1. The predicted molar refractivity (Wildman–Crippen MR) is 88.9 cm³/mol. The highest BCUT2D eigenvalue weighted by molar-refractivity contribution is 7.15. The Morgan fingerprint density at radius 1 is 1.29 bits per heavy atom. The number of carboxylic acid groups (broad SMARTS) is 1. The average molecular weight is 341 g/mol. The second kappa shape index (κ2) is 5.76. The Kier molecular flexibility index (Phi) is 3.57. The highest BCUT2D eigenvalue weighted by atomic mass is 32.1. The van der Waals surface area contributed by atoms with E-state index in [9.17, 15) is 14.7 Å². The van der Waals surface area contributed by atoms with Crippen molar-refractivity contribution in [3.63, 3.8) is 0 Å². The molecule has 1 aliphatic rings. The number of benzene rings is 1. The number of hydrogen-bond acceptors (Lipinski definition) is 4. The van der Waals surface area contributed by atoms with Crippen molar-refractivity contribution in [3.8, 4) is 0 Å². The Labute approximate surface area is 142 Å². The minimum Gasteiger partial charge on any atom is -0.480 e. The lowest BCUT2D eigenvalue weighted by Crippen LogP contribution is -2.49. The average Bonchev–Trinajstić information content (AvgIpc) is 3.14. The van der Waals surface area contributed by atoms with Crippen molar-refractivity contribution < 1.29 is 14.7 Å². The standard InChI is InChI=1S/C17H15N3O3S/c21-15(8-13-10-19-5-6-24-17(19)18-13)20-9-12-4-2-1-3-11(12)7-14(20)16(22)23/h1-6,10,14H,7-9H2,(H,22,23)/t14-/m0/s1. The summed E-state index contributed by atoms with van der Waals surface area (Å²) in [4.78, 5) is 31.0. The molecular formula is C17H15N3O3S. The van der Waals surface area contributed by atoms with E-state index in [4.69, 9.17) is 0 Å². The summed E-state index contributed by atoms with van der Waals surface area (Å²) >= 11 is 1.50. The summed E-state index contributed by atoms with van der Waals surface area (Å²) in [6.45, 7) is 0.328. The maximum Gasteiger partial charge on any atom is 0.326 e. The van der Waals surface area contributed by atoms with Gasteiger partial charge in [0.05, 0.1) is 12.1 Å². The molecule has 3 heterocycles. The molecule has 0 saturated heterocycles. The van der Waals surface area contributed by atoms with Crippen LogP contribution >= 0.6 is 11.3 Å². The van der Waals surface area contributed by atoms with Gasteiger partial charge < -0.3 is 10.0 Å². The fourth-order valence-electron chi connectivity index (χ4n) is 3.12. The van der Waals surface area contributed by atoms with Crippen LogP contribution in [0, 0.1) is 0 Å². The number of nitrogens with zero attached hydrogens (tertiary/aromatic N) is 3. The molecular weight excluding hydrogens is 326 g/mol. The number of amides is 1. The Balaban J connectivity index is 1.59. The van der Waals surface area contributed by atoms with Crippen LogP contribution in [0.15, 0.2) is 42.0 Å². The molecule has 0 aliphatic carbocycles. The van der Waals surface area contributed by atoms with Gasteiger partial charge in [0, 0.05) is 30.7 Å². The largest absolute Gasteiger partial charge is 0.480 e. The van der Waals surface area contributed by atoms with Gasteiger partial charge in [-0.2, -0.15) is 0 Å². The number of carbonyl (C=O) groups is 2. The van der Waals surface area contributed by atoms with Crippen LogP contribution < -0.4 is 0 Å². The SMILES string of the molecule is O=C(O)[C@@H]1Cc2ccccc2CN1C(=O)Cc1cn2ccsc2n1. The molecule has 1 atom stereocenters. The van der Waals surface area contributed by atoms with Crippen LogP contribution in [0.5, 0.6) is 0 Å². The molecule has 122 valence electrons. The summed E-state index contributed by atoms with van der Waals surface area (Å²) in [5.74, 6) is -1.17. The first kappa shape index (κ1) is 14.9. The molecule has 2 aromatic heterocycles. The zero-order valence-corrected chi connectivity index (χ0v) is 13.6. The van der Waals surface area contributed by atoms with Crippen LogP contribution in [-0.2, 0) is 29.0 Å². The summed E-state index contributed by atoms with van der Waals surface area (Å²) in [5, 5.41) is 11.4. The van der Waals surface area contributed by atoms with Gasteiger partial charge in [-0.1, -0.05) is 24.3 Å². The predicted octanol–water partition coefficient (Wildman–Crippen LogP) is 1.98. The fraction of sp³-hybridized carbons (Fsp3) is 0.235. The van der Waals surface area contributed by atoms with Gasteiger partial charge in [-0.05, 0) is 11.1 Å². The minimum atomic E-state index is -0.969. The number of rotatable bonds is 3. The molecule has 0 spiro atoms. The van der Waals surface area contributed by atoms with E-state index in [1.807, 2.05) is 46.4 Å². The van der Waals surface area contributed by atoms with Crippen molar-refractivity contribution in [2.45, 2.75) is 25.4 Å². The fourth-order valence-corrected chi connectivity index (χ4v) is 3.84. The van der Waals surface area contributed by atoms with Gasteiger partial charge in [-0.25, -0.2) is 9.78 Å². The second-order valence-electron chi connectivity index (χ2n) is 5.85. The van der Waals surface area contributed by atoms with E-state index in [0.717, 1.165) is 16.1 Å². The van der Waals surface area contributed by atoms with Crippen molar-refractivity contribution in [1.29, 1.82) is 0 Å². The highest BCUT2D eigenvalue weighted by Gasteiger charge is 2.34. The Morgan fingerprint density at radius 3 is 2.83 bits per heavy atom. The van der Waals surface area contributed by atoms with Gasteiger partial charge in [-0.3, -0.25) is 9.20 Å². The third kappa shape index (κ3) is 2.56. The number of carboxylic acids is 1. The van der Waals surface area contributed by atoms with Crippen LogP contribution in [-0.4, -0.2) is 37.3 Å². The van der Waals surface area contributed by atoms with Gasteiger partial charge in [0.2, 0.25) is 5.91 Å². The Hall–Kier alpha value is -2.67. The van der Waals surface area contributed by atoms with Crippen LogP contribution in [0.4, 0.5) is 0 Å². The molecule has 6 nitrogen and oxygen atoms in total. The van der Waals surface area contributed by atoms with Gasteiger partial charge in [0.1, 0.15) is 6.04 Å². The molecule has 24 heavy (non-hydrogen) atoms. The third-order valence-electron chi connectivity index (χ3n) is 4.33. The number of aliphatic carboxylic acids is 1. The number of imidazole rings is 1. The van der Waals surface area contributed by atoms with Crippen molar-refractivity contribution in [3.05, 3.63) is 58.9 Å². The van der Waals surface area contributed by atoms with Crippen molar-refractivity contribution in [2.24, 2.45) is 0 Å². The minimum absolute atomic E-state index is 0.111. The molecule has 1 N–H and O–H groups in total. The quantitative estimate of drug-likeness (QED) is 0.790. The smallest absolute Gasteiger partial charge is 0.326 e. The molecule has 1 amide bonds. The summed E-state index contributed by atoms with van der Waals surface area (Å²) in [7, 11) is 0. The van der Waals surface area contributed by atoms with Gasteiger partial charge in [0.25, 0.3) is 0 Å². The normalized spacial score (nSPS) is 17.0. The third-order valence-corrected chi connectivity index (χ3v) is 5.10. The summed E-state index contributed by atoms with van der Waals surface area (Å²) in [6.07, 6.45) is 4.16. The highest BCUT2D eigenvalue weighted by Crippen LogP contribution is 2.24. The van der Waals surface area contributed by atoms with Crippen LogP contribution in [0.1, 0.15) is 16.8 Å². The first-order valence-electron chi connectivity index (χ1n) is 7.62. The first-order valence-corrected chi connectivity index (χ1v) is 8.50. The van der Waals surface area contributed by atoms with E-state index in [2.05, 4.69) is 4.98 Å². The molecule has 0 saturated carbocycles. The molecule has 0 unspecified atom stereocenters. The number of aromatic nitrogens is 2. The van der Waals surface area contributed by atoms with Crippen molar-refractivity contribution in [2.75, 3.05) is 0 Å². The topological polar surface area (TPSA) is 74.9 Å². The molecule has 3 aromatic rings. The van der Waals surface area contributed by atoms with Crippen molar-refractivity contribution >= 4 is 28.2 Å². The molecule has 0 fully saturated rings. The molecule has 0 bridgehead atoms. The summed E-state index contributed by atoms with van der Waals surface area (Å²) < 4.78 is 1.87. The number of thiazole rings is 1. The van der Waals surface area contributed by atoms with E-state index in [1.165, 1.54) is 16.2 Å². The van der Waals surface area contributed by atoms with Crippen molar-refractivity contribution in [1.82, 2.24) is 14.3 Å². The zero-order chi connectivity index (χ0) is 16.7. The van der Waals surface area contributed by atoms with E-state index in [1.54, 1.807) is 0 Å². The molecule has 1 aliphatic heterocycles. The van der Waals surface area contributed by atoms with E-state index >= 15 is 0 Å². The first-order chi connectivity index (χ1) is 11.6.